The van der Waals surface area contributed by atoms with Gasteiger partial charge in [-0.25, -0.2) is 0 Å². The monoisotopic (exact) mass is 231 g/mol. The van der Waals surface area contributed by atoms with Gasteiger partial charge in [-0.05, 0) is 43.4 Å². The second-order valence-corrected chi connectivity index (χ2v) is 5.50. The van der Waals surface area contributed by atoms with E-state index in [-0.39, 0.29) is 0 Å². The van der Waals surface area contributed by atoms with E-state index < -0.39 is 5.97 Å². The maximum atomic E-state index is 10.5. The van der Waals surface area contributed by atoms with E-state index >= 15 is 0 Å². The molecule has 0 aromatic rings. The fourth-order valence-electron chi connectivity index (χ4n) is 2.06. The Labute approximate surface area is 96.2 Å². The molecule has 0 bridgehead atoms. The lowest BCUT2D eigenvalue weighted by Gasteiger charge is -2.14. The number of thioether (sulfide) groups is 1. The van der Waals surface area contributed by atoms with Crippen molar-refractivity contribution in [2.24, 2.45) is 5.92 Å². The summed E-state index contributed by atoms with van der Waals surface area (Å²) < 4.78 is 0. The van der Waals surface area contributed by atoms with E-state index in [0.29, 0.717) is 12.3 Å². The van der Waals surface area contributed by atoms with Gasteiger partial charge in [-0.3, -0.25) is 4.79 Å². The first kappa shape index (κ1) is 12.8. The minimum absolute atomic E-state index is 0.347. The molecule has 0 radical (unpaired) electrons. The van der Waals surface area contributed by atoms with Gasteiger partial charge in [-0.2, -0.15) is 11.8 Å². The van der Waals surface area contributed by atoms with Crippen molar-refractivity contribution in [2.45, 2.75) is 26.2 Å². The highest BCUT2D eigenvalue weighted by atomic mass is 32.2. The van der Waals surface area contributed by atoms with Crippen LogP contribution in [0.1, 0.15) is 26.2 Å². The van der Waals surface area contributed by atoms with Crippen LogP contribution in [0.3, 0.4) is 0 Å². The summed E-state index contributed by atoms with van der Waals surface area (Å²) in [6.07, 6.45) is 2.64. The zero-order chi connectivity index (χ0) is 11.1. The van der Waals surface area contributed by atoms with Gasteiger partial charge in [0.05, 0.1) is 0 Å². The molecule has 1 aliphatic heterocycles. The molecule has 3 nitrogen and oxygen atoms in total. The van der Waals surface area contributed by atoms with Crippen LogP contribution in [0.15, 0.2) is 0 Å². The van der Waals surface area contributed by atoms with Crippen LogP contribution in [0, 0.1) is 5.92 Å². The topological polar surface area (TPSA) is 40.5 Å². The van der Waals surface area contributed by atoms with Crippen molar-refractivity contribution in [1.29, 1.82) is 0 Å². The maximum absolute atomic E-state index is 10.5. The smallest absolute Gasteiger partial charge is 0.303 e. The van der Waals surface area contributed by atoms with Gasteiger partial charge in [0.25, 0.3) is 0 Å². The second-order valence-electron chi connectivity index (χ2n) is 4.10. The summed E-state index contributed by atoms with van der Waals surface area (Å²) in [6.45, 7) is 5.41. The van der Waals surface area contributed by atoms with Crippen LogP contribution in [0.2, 0.25) is 0 Å². The van der Waals surface area contributed by atoms with Crippen LogP contribution in [0.5, 0.6) is 0 Å². The first-order valence-corrected chi connectivity index (χ1v) is 6.89. The largest absolute Gasteiger partial charge is 0.481 e. The van der Waals surface area contributed by atoms with E-state index in [9.17, 15) is 4.79 Å². The van der Waals surface area contributed by atoms with Crippen LogP contribution >= 0.6 is 11.8 Å². The number of nitrogens with zero attached hydrogens (tertiary/aromatic N) is 1. The molecule has 1 unspecified atom stereocenters. The van der Waals surface area contributed by atoms with Gasteiger partial charge < -0.3 is 10.0 Å². The second kappa shape index (κ2) is 7.12. The maximum Gasteiger partial charge on any atom is 0.303 e. The standard InChI is InChI=1S/C11H21NO2S/c1-2-15-7-3-5-12-6-4-10(9-12)8-11(13)14/h10H,2-9H2,1H3,(H,13,14). The molecule has 0 amide bonds. The highest BCUT2D eigenvalue weighted by Crippen LogP contribution is 2.19. The number of aliphatic carboxylic acids is 1. The molecular weight excluding hydrogens is 210 g/mol. The van der Waals surface area contributed by atoms with Crippen molar-refractivity contribution in [3.63, 3.8) is 0 Å². The lowest BCUT2D eigenvalue weighted by atomic mass is 10.1. The molecule has 0 aromatic heterocycles. The van der Waals surface area contributed by atoms with Gasteiger partial charge in [0, 0.05) is 13.0 Å². The third kappa shape index (κ3) is 5.42. The first-order chi connectivity index (χ1) is 7.22. The lowest BCUT2D eigenvalue weighted by molar-refractivity contribution is -0.138. The third-order valence-corrected chi connectivity index (χ3v) is 3.79. The SMILES string of the molecule is CCSCCCN1CCC(CC(=O)O)C1. The predicted octanol–water partition coefficient (Wildman–Crippen LogP) is 1.93. The summed E-state index contributed by atoms with van der Waals surface area (Å²) in [5.74, 6) is 2.17. The molecule has 1 rings (SSSR count). The average molecular weight is 231 g/mol. The fourth-order valence-corrected chi connectivity index (χ4v) is 2.69. The molecule has 1 fully saturated rings. The van der Waals surface area contributed by atoms with Gasteiger partial charge in [-0.1, -0.05) is 6.92 Å². The Morgan fingerprint density at radius 2 is 2.40 bits per heavy atom. The fraction of sp³-hybridized carbons (Fsp3) is 0.909. The molecule has 88 valence electrons. The molecule has 1 saturated heterocycles. The highest BCUT2D eigenvalue weighted by Gasteiger charge is 2.23. The van der Waals surface area contributed by atoms with Crippen molar-refractivity contribution in [1.82, 2.24) is 4.90 Å². The van der Waals surface area contributed by atoms with Crippen molar-refractivity contribution in [2.75, 3.05) is 31.1 Å². The Morgan fingerprint density at radius 3 is 3.07 bits per heavy atom. The minimum atomic E-state index is -0.650. The number of carboxylic acid groups (broad SMARTS) is 1. The van der Waals surface area contributed by atoms with E-state index in [0.717, 1.165) is 26.1 Å². The van der Waals surface area contributed by atoms with E-state index in [1.165, 1.54) is 17.9 Å². The molecule has 1 aliphatic rings. The van der Waals surface area contributed by atoms with Crippen LogP contribution in [0.4, 0.5) is 0 Å². The summed E-state index contributed by atoms with van der Waals surface area (Å²) in [7, 11) is 0. The van der Waals surface area contributed by atoms with Gasteiger partial charge in [-0.15, -0.1) is 0 Å². The number of likely N-dealkylation sites (tertiary alicyclic amines) is 1. The molecule has 0 spiro atoms. The molecule has 0 aliphatic carbocycles. The van der Waals surface area contributed by atoms with Gasteiger partial charge in [0.1, 0.15) is 0 Å². The zero-order valence-corrected chi connectivity index (χ0v) is 10.3. The number of carbonyl (C=O) groups is 1. The van der Waals surface area contributed by atoms with Crippen molar-refractivity contribution in [3.05, 3.63) is 0 Å². The summed E-state index contributed by atoms with van der Waals surface area (Å²) in [5.41, 5.74) is 0. The average Bonchev–Trinajstić information content (AvgIpc) is 2.59. The highest BCUT2D eigenvalue weighted by molar-refractivity contribution is 7.99. The van der Waals surface area contributed by atoms with E-state index in [1.54, 1.807) is 0 Å². The van der Waals surface area contributed by atoms with Gasteiger partial charge in [0.15, 0.2) is 0 Å². The zero-order valence-electron chi connectivity index (χ0n) is 9.45. The van der Waals surface area contributed by atoms with Crippen molar-refractivity contribution < 1.29 is 9.90 Å². The Bertz CT molecular complexity index is 199. The van der Waals surface area contributed by atoms with E-state index in [4.69, 9.17) is 5.11 Å². The Morgan fingerprint density at radius 1 is 1.60 bits per heavy atom. The van der Waals surface area contributed by atoms with Crippen molar-refractivity contribution in [3.8, 4) is 0 Å². The number of rotatable bonds is 7. The Hall–Kier alpha value is -0.220. The molecule has 4 heteroatoms. The molecule has 0 saturated carbocycles. The predicted molar refractivity (Wildman–Crippen MR) is 64.4 cm³/mol. The molecule has 1 atom stereocenters. The number of hydrogen-bond donors (Lipinski definition) is 1. The summed E-state index contributed by atoms with van der Waals surface area (Å²) in [6, 6.07) is 0. The molecule has 0 aromatic carbocycles. The number of carboxylic acids is 1. The van der Waals surface area contributed by atoms with Gasteiger partial charge >= 0.3 is 5.97 Å². The molecule has 1 N–H and O–H groups in total. The summed E-state index contributed by atoms with van der Waals surface area (Å²) >= 11 is 1.98. The number of hydrogen-bond acceptors (Lipinski definition) is 3. The normalized spacial score (nSPS) is 22.1. The molecule has 1 heterocycles. The summed E-state index contributed by atoms with van der Waals surface area (Å²) in [4.78, 5) is 12.9. The first-order valence-electron chi connectivity index (χ1n) is 5.74. The summed E-state index contributed by atoms with van der Waals surface area (Å²) in [5, 5.41) is 8.68. The molecular formula is C11H21NO2S. The van der Waals surface area contributed by atoms with Crippen LogP contribution in [0.25, 0.3) is 0 Å². The van der Waals surface area contributed by atoms with Crippen LogP contribution in [-0.4, -0.2) is 47.1 Å². The Kier molecular flexibility index (Phi) is 6.10. The third-order valence-electron chi connectivity index (χ3n) is 2.80. The minimum Gasteiger partial charge on any atom is -0.481 e. The van der Waals surface area contributed by atoms with Crippen LogP contribution in [-0.2, 0) is 4.79 Å². The van der Waals surface area contributed by atoms with E-state index in [1.807, 2.05) is 11.8 Å². The quantitative estimate of drug-likeness (QED) is 0.680. The van der Waals surface area contributed by atoms with Crippen molar-refractivity contribution >= 4 is 17.7 Å². The molecule has 15 heavy (non-hydrogen) atoms. The van der Waals surface area contributed by atoms with E-state index in [2.05, 4.69) is 11.8 Å². The lowest BCUT2D eigenvalue weighted by Crippen LogP contribution is -2.23. The Balaban J connectivity index is 2.05. The van der Waals surface area contributed by atoms with Crippen LogP contribution < -0.4 is 0 Å². The van der Waals surface area contributed by atoms with Gasteiger partial charge in [0.2, 0.25) is 0 Å².